The van der Waals surface area contributed by atoms with Gasteiger partial charge in [0.25, 0.3) is 11.8 Å². The first-order chi connectivity index (χ1) is 16.4. The van der Waals surface area contributed by atoms with Crippen LogP contribution in [0.2, 0.25) is 0 Å². The molecule has 0 bridgehead atoms. The molecule has 2 rings (SSSR count). The molecule has 0 saturated heterocycles. The summed E-state index contributed by atoms with van der Waals surface area (Å²) in [5, 5.41) is 30.2. The first-order valence-corrected chi connectivity index (χ1v) is 10.6. The van der Waals surface area contributed by atoms with Crippen LogP contribution in [0.5, 0.6) is 0 Å². The van der Waals surface area contributed by atoms with Crippen LogP contribution in [0.25, 0.3) is 0 Å². The number of anilines is 1. The van der Waals surface area contributed by atoms with Crippen LogP contribution in [0.4, 0.5) is 10.5 Å². The Kier molecular flexibility index (Phi) is 9.01. The number of nitrogens with one attached hydrogen (secondary N) is 2. The Labute approximate surface area is 203 Å². The molecule has 0 aliphatic heterocycles. The minimum Gasteiger partial charge on any atom is -0.465 e. The molecule has 0 saturated carbocycles. The van der Waals surface area contributed by atoms with Crippen molar-refractivity contribution in [3.05, 3.63) is 65.2 Å². The maximum atomic E-state index is 12.3. The van der Waals surface area contributed by atoms with E-state index < -0.39 is 35.6 Å². The van der Waals surface area contributed by atoms with E-state index >= 15 is 0 Å². The van der Waals surface area contributed by atoms with Crippen LogP contribution in [0.1, 0.15) is 49.2 Å². The SMILES string of the molecule is C[C@@H](O)[C@H](NC(=O)c1ccc(C#CC#Cc2cccc(N(C(=O)O)C(C)(C)C)c2)cc1)C(=O)NO. The second kappa shape index (κ2) is 11.7. The summed E-state index contributed by atoms with van der Waals surface area (Å²) in [6, 6.07) is 11.7. The molecule has 0 aliphatic carbocycles. The van der Waals surface area contributed by atoms with Crippen molar-refractivity contribution in [3.8, 4) is 23.7 Å². The molecule has 182 valence electrons. The summed E-state index contributed by atoms with van der Waals surface area (Å²) >= 11 is 0. The number of hydrogen-bond acceptors (Lipinski definition) is 5. The Bertz CT molecular complexity index is 1210. The van der Waals surface area contributed by atoms with E-state index in [1.807, 2.05) is 0 Å². The van der Waals surface area contributed by atoms with Crippen LogP contribution in [-0.4, -0.2) is 51.0 Å². The molecule has 9 heteroatoms. The van der Waals surface area contributed by atoms with Crippen LogP contribution in [-0.2, 0) is 4.79 Å². The van der Waals surface area contributed by atoms with Crippen LogP contribution in [0.3, 0.4) is 0 Å². The Morgan fingerprint density at radius 2 is 1.57 bits per heavy atom. The lowest BCUT2D eigenvalue weighted by atomic mass is 10.0. The predicted molar refractivity (Wildman–Crippen MR) is 130 cm³/mol. The van der Waals surface area contributed by atoms with Crippen LogP contribution in [0.15, 0.2) is 48.5 Å². The van der Waals surface area contributed by atoms with Crippen molar-refractivity contribution in [3.63, 3.8) is 0 Å². The maximum absolute atomic E-state index is 12.3. The first kappa shape index (κ1) is 26.9. The summed E-state index contributed by atoms with van der Waals surface area (Å²) in [5.41, 5.74) is 2.72. The van der Waals surface area contributed by atoms with E-state index in [1.54, 1.807) is 57.2 Å². The van der Waals surface area contributed by atoms with Gasteiger partial charge < -0.3 is 15.5 Å². The number of amides is 3. The van der Waals surface area contributed by atoms with Gasteiger partial charge in [-0.3, -0.25) is 19.7 Å². The standard InChI is InChI=1S/C26H27N3O6/c1-17(30)22(24(32)28-35)27-23(31)20-14-12-18(13-15-20)8-5-6-9-19-10-7-11-21(16-19)29(25(33)34)26(2,3)4/h7,10-17,22,30,35H,1-4H3,(H,27,31)(H,28,32)(H,33,34)/t17-,22+/m1/s1. The number of carboxylic acid groups (broad SMARTS) is 1. The zero-order valence-electron chi connectivity index (χ0n) is 19.8. The first-order valence-electron chi connectivity index (χ1n) is 10.6. The number of hydrogen-bond donors (Lipinski definition) is 5. The van der Waals surface area contributed by atoms with E-state index in [0.29, 0.717) is 16.8 Å². The highest BCUT2D eigenvalue weighted by Crippen LogP contribution is 2.24. The average Bonchev–Trinajstić information content (AvgIpc) is 2.79. The van der Waals surface area contributed by atoms with Gasteiger partial charge in [0.2, 0.25) is 0 Å². The maximum Gasteiger partial charge on any atom is 0.412 e. The van der Waals surface area contributed by atoms with E-state index in [0.717, 1.165) is 0 Å². The number of carbonyl (C=O) groups excluding carboxylic acids is 2. The van der Waals surface area contributed by atoms with Gasteiger partial charge in [0.05, 0.1) is 6.10 Å². The highest BCUT2D eigenvalue weighted by Gasteiger charge is 2.28. The third-order valence-corrected chi connectivity index (χ3v) is 4.75. The van der Waals surface area contributed by atoms with E-state index in [-0.39, 0.29) is 5.56 Å². The lowest BCUT2D eigenvalue weighted by Crippen LogP contribution is -2.51. The van der Waals surface area contributed by atoms with Crippen LogP contribution in [0, 0.1) is 23.7 Å². The molecular formula is C26H27N3O6. The number of aliphatic hydroxyl groups excluding tert-OH is 1. The second-order valence-electron chi connectivity index (χ2n) is 8.58. The van der Waals surface area contributed by atoms with E-state index in [9.17, 15) is 24.6 Å². The Morgan fingerprint density at radius 1 is 0.971 bits per heavy atom. The number of rotatable bonds is 5. The zero-order valence-corrected chi connectivity index (χ0v) is 19.8. The molecule has 0 radical (unpaired) electrons. The van der Waals surface area contributed by atoms with Gasteiger partial charge in [0.1, 0.15) is 6.04 Å². The number of aliphatic hydroxyl groups is 1. The minimum absolute atomic E-state index is 0.233. The van der Waals surface area contributed by atoms with Gasteiger partial charge in [0, 0.05) is 27.9 Å². The quantitative estimate of drug-likeness (QED) is 0.255. The normalized spacial score (nSPS) is 12.1. The van der Waals surface area contributed by atoms with E-state index in [4.69, 9.17) is 5.21 Å². The summed E-state index contributed by atoms with van der Waals surface area (Å²) in [5.74, 6) is 9.64. The summed E-state index contributed by atoms with van der Waals surface area (Å²) in [7, 11) is 0. The van der Waals surface area contributed by atoms with E-state index in [2.05, 4.69) is 29.0 Å². The molecule has 9 nitrogen and oxygen atoms in total. The highest BCUT2D eigenvalue weighted by atomic mass is 16.5. The molecule has 0 aromatic heterocycles. The van der Waals surface area contributed by atoms with Crippen LogP contribution < -0.4 is 15.7 Å². The molecule has 0 heterocycles. The molecular weight excluding hydrogens is 450 g/mol. The van der Waals surface area contributed by atoms with Gasteiger partial charge in [-0.05, 0) is 82.0 Å². The van der Waals surface area contributed by atoms with Crippen molar-refractivity contribution >= 4 is 23.6 Å². The molecule has 0 unspecified atom stereocenters. The molecule has 35 heavy (non-hydrogen) atoms. The van der Waals surface area contributed by atoms with E-state index in [1.165, 1.54) is 29.4 Å². The molecule has 0 aliphatic rings. The number of carbonyl (C=O) groups is 3. The average molecular weight is 478 g/mol. The lowest BCUT2D eigenvalue weighted by Gasteiger charge is -2.33. The Morgan fingerprint density at radius 3 is 2.09 bits per heavy atom. The number of benzene rings is 2. The lowest BCUT2D eigenvalue weighted by molar-refractivity contribution is -0.133. The monoisotopic (exact) mass is 477 g/mol. The molecule has 0 fully saturated rings. The topological polar surface area (TPSA) is 139 Å². The summed E-state index contributed by atoms with van der Waals surface area (Å²) in [6.45, 7) is 6.72. The fourth-order valence-electron chi connectivity index (χ4n) is 3.12. The van der Waals surface area contributed by atoms with Gasteiger partial charge in [0.15, 0.2) is 0 Å². The number of nitrogens with zero attached hydrogens (tertiary/aromatic N) is 1. The zero-order chi connectivity index (χ0) is 26.2. The highest BCUT2D eigenvalue weighted by molar-refractivity contribution is 5.97. The molecule has 3 amide bonds. The van der Waals surface area contributed by atoms with Crippen molar-refractivity contribution < 1.29 is 29.8 Å². The smallest absolute Gasteiger partial charge is 0.412 e. The van der Waals surface area contributed by atoms with Gasteiger partial charge in [-0.25, -0.2) is 10.3 Å². The van der Waals surface area contributed by atoms with Crippen molar-refractivity contribution in [2.75, 3.05) is 4.90 Å². The summed E-state index contributed by atoms with van der Waals surface area (Å²) < 4.78 is 0. The third kappa shape index (κ3) is 7.61. The fourth-order valence-corrected chi connectivity index (χ4v) is 3.12. The van der Waals surface area contributed by atoms with Crippen molar-refractivity contribution in [2.24, 2.45) is 0 Å². The Balaban J connectivity index is 2.12. The number of hydroxylamine groups is 1. The van der Waals surface area contributed by atoms with Crippen molar-refractivity contribution in [2.45, 2.75) is 45.4 Å². The molecule has 2 atom stereocenters. The van der Waals surface area contributed by atoms with Crippen molar-refractivity contribution in [1.82, 2.24) is 10.8 Å². The van der Waals surface area contributed by atoms with Gasteiger partial charge in [-0.15, -0.1) is 0 Å². The summed E-state index contributed by atoms with van der Waals surface area (Å²) in [6.07, 6.45) is -2.27. The fraction of sp³-hybridized carbons (Fsp3) is 0.269. The van der Waals surface area contributed by atoms with Crippen LogP contribution >= 0.6 is 0 Å². The summed E-state index contributed by atoms with van der Waals surface area (Å²) in [4.78, 5) is 36.8. The predicted octanol–water partition coefficient (Wildman–Crippen LogP) is 2.36. The van der Waals surface area contributed by atoms with Gasteiger partial charge in [-0.2, -0.15) is 0 Å². The van der Waals surface area contributed by atoms with Gasteiger partial charge >= 0.3 is 6.09 Å². The minimum atomic E-state index is -1.31. The van der Waals surface area contributed by atoms with Crippen molar-refractivity contribution in [1.29, 1.82) is 0 Å². The van der Waals surface area contributed by atoms with Gasteiger partial charge in [-0.1, -0.05) is 17.9 Å². The molecule has 2 aromatic rings. The Hall–Kier alpha value is -4.31. The third-order valence-electron chi connectivity index (χ3n) is 4.75. The second-order valence-corrected chi connectivity index (χ2v) is 8.58. The largest absolute Gasteiger partial charge is 0.465 e. The molecule has 0 spiro atoms. The molecule has 5 N–H and O–H groups in total. The molecule has 2 aromatic carbocycles.